The monoisotopic (exact) mass is 352 g/mol. The number of aromatic nitrogens is 1. The van der Waals surface area contributed by atoms with Gasteiger partial charge in [-0.25, -0.2) is 4.98 Å². The van der Waals surface area contributed by atoms with E-state index in [1.165, 1.54) is 11.3 Å². The van der Waals surface area contributed by atoms with Crippen LogP contribution >= 0.6 is 11.3 Å². The summed E-state index contributed by atoms with van der Waals surface area (Å²) in [5, 5.41) is 2.57. The summed E-state index contributed by atoms with van der Waals surface area (Å²) in [5.41, 5.74) is 4.48. The van der Waals surface area contributed by atoms with Gasteiger partial charge in [0.1, 0.15) is 16.5 Å². The Balaban J connectivity index is 1.92. The van der Waals surface area contributed by atoms with E-state index in [2.05, 4.69) is 4.98 Å². The van der Waals surface area contributed by atoms with Gasteiger partial charge in [-0.1, -0.05) is 24.3 Å². The molecule has 0 bridgehead atoms. The van der Waals surface area contributed by atoms with Crippen LogP contribution in [0.2, 0.25) is 0 Å². The Bertz CT molecular complexity index is 918. The molecule has 0 spiro atoms. The molecule has 3 aromatic rings. The van der Waals surface area contributed by atoms with Crippen molar-refractivity contribution < 1.29 is 9.53 Å². The number of carbonyl (C=O) groups excluding carboxylic acids is 1. The van der Waals surface area contributed by atoms with E-state index in [-0.39, 0.29) is 5.91 Å². The molecule has 0 N–H and O–H groups in total. The average molecular weight is 352 g/mol. The molecule has 1 heterocycles. The molecule has 0 aliphatic rings. The number of benzene rings is 2. The number of nitrogens with zero attached hydrogens (tertiary/aromatic N) is 2. The predicted octanol–water partition coefficient (Wildman–Crippen LogP) is 4.71. The number of anilines is 1. The van der Waals surface area contributed by atoms with Crippen molar-refractivity contribution in [1.82, 2.24) is 4.98 Å². The number of amides is 1. The van der Waals surface area contributed by atoms with E-state index in [4.69, 9.17) is 4.74 Å². The zero-order valence-electron chi connectivity index (χ0n) is 14.7. The average Bonchev–Trinajstić information content (AvgIpc) is 3.12. The Labute approximate surface area is 151 Å². The number of thiazole rings is 1. The van der Waals surface area contributed by atoms with E-state index in [9.17, 15) is 4.79 Å². The Morgan fingerprint density at radius 1 is 1.12 bits per heavy atom. The Morgan fingerprint density at radius 3 is 2.64 bits per heavy atom. The van der Waals surface area contributed by atoms with Gasteiger partial charge in [0.2, 0.25) is 0 Å². The molecule has 0 fully saturated rings. The number of hydrogen-bond acceptors (Lipinski definition) is 4. The van der Waals surface area contributed by atoms with Crippen LogP contribution in [0.3, 0.4) is 0 Å². The highest BCUT2D eigenvalue weighted by Gasteiger charge is 2.20. The Hall–Kier alpha value is -2.66. The second-order valence-corrected chi connectivity index (χ2v) is 6.68. The maximum Gasteiger partial charge on any atom is 0.277 e. The molecule has 1 amide bonds. The van der Waals surface area contributed by atoms with Crippen molar-refractivity contribution in [2.24, 2.45) is 0 Å². The first kappa shape index (κ1) is 17.2. The van der Waals surface area contributed by atoms with Gasteiger partial charge in [0.05, 0.1) is 12.7 Å². The quantitative estimate of drug-likeness (QED) is 0.683. The van der Waals surface area contributed by atoms with Crippen LogP contribution < -0.4 is 9.64 Å². The molecule has 0 atom stereocenters. The first-order valence-electron chi connectivity index (χ1n) is 7.96. The van der Waals surface area contributed by atoms with Crippen LogP contribution in [0.15, 0.2) is 47.8 Å². The minimum Gasteiger partial charge on any atom is -0.496 e. The van der Waals surface area contributed by atoms with E-state index < -0.39 is 0 Å². The van der Waals surface area contributed by atoms with Crippen LogP contribution in [0.4, 0.5) is 5.69 Å². The maximum atomic E-state index is 12.8. The fourth-order valence-electron chi connectivity index (χ4n) is 2.70. The fraction of sp³-hybridized carbons (Fsp3) is 0.200. The fourth-order valence-corrected chi connectivity index (χ4v) is 3.52. The van der Waals surface area contributed by atoms with Crippen LogP contribution in [0, 0.1) is 13.8 Å². The summed E-state index contributed by atoms with van der Waals surface area (Å²) in [6.45, 7) is 4.07. The van der Waals surface area contributed by atoms with Crippen molar-refractivity contribution in [3.63, 3.8) is 0 Å². The molecule has 128 valence electrons. The number of rotatable bonds is 4. The smallest absolute Gasteiger partial charge is 0.277 e. The first-order chi connectivity index (χ1) is 12.0. The van der Waals surface area contributed by atoms with Crippen LogP contribution in [0.25, 0.3) is 10.6 Å². The zero-order valence-corrected chi connectivity index (χ0v) is 15.6. The summed E-state index contributed by atoms with van der Waals surface area (Å²) in [4.78, 5) is 19.0. The molecule has 25 heavy (non-hydrogen) atoms. The summed E-state index contributed by atoms with van der Waals surface area (Å²) < 4.78 is 5.39. The number of ether oxygens (including phenoxy) is 1. The molecular weight excluding hydrogens is 332 g/mol. The van der Waals surface area contributed by atoms with Crippen molar-refractivity contribution in [3.8, 4) is 16.3 Å². The van der Waals surface area contributed by atoms with Crippen molar-refractivity contribution in [1.29, 1.82) is 0 Å². The van der Waals surface area contributed by atoms with Gasteiger partial charge in [-0.15, -0.1) is 11.3 Å². The molecule has 2 aromatic carbocycles. The van der Waals surface area contributed by atoms with E-state index in [1.807, 2.05) is 56.3 Å². The van der Waals surface area contributed by atoms with E-state index in [1.54, 1.807) is 24.4 Å². The highest BCUT2D eigenvalue weighted by atomic mass is 32.1. The molecule has 0 radical (unpaired) electrons. The third kappa shape index (κ3) is 3.28. The van der Waals surface area contributed by atoms with Gasteiger partial charge < -0.3 is 9.64 Å². The minimum atomic E-state index is -0.119. The molecule has 0 saturated heterocycles. The largest absolute Gasteiger partial charge is 0.496 e. The lowest BCUT2D eigenvalue weighted by atomic mass is 10.1. The maximum absolute atomic E-state index is 12.8. The van der Waals surface area contributed by atoms with Crippen LogP contribution in [0.1, 0.15) is 21.6 Å². The first-order valence-corrected chi connectivity index (χ1v) is 8.84. The highest BCUT2D eigenvalue weighted by molar-refractivity contribution is 7.13. The summed E-state index contributed by atoms with van der Waals surface area (Å²) in [6.07, 6.45) is 0. The zero-order chi connectivity index (χ0) is 18.0. The molecule has 0 unspecified atom stereocenters. The van der Waals surface area contributed by atoms with Crippen LogP contribution in [-0.2, 0) is 0 Å². The number of methoxy groups -OCH3 is 1. The van der Waals surface area contributed by atoms with Crippen molar-refractivity contribution in [3.05, 3.63) is 64.7 Å². The normalized spacial score (nSPS) is 10.6. The lowest BCUT2D eigenvalue weighted by molar-refractivity contribution is 0.0989. The number of carbonyl (C=O) groups is 1. The van der Waals surface area contributed by atoms with Gasteiger partial charge in [0.15, 0.2) is 0 Å². The Morgan fingerprint density at radius 2 is 1.88 bits per heavy atom. The third-order valence-corrected chi connectivity index (χ3v) is 5.18. The van der Waals surface area contributed by atoms with Gasteiger partial charge in [-0.05, 0) is 43.2 Å². The second-order valence-electron chi connectivity index (χ2n) is 5.82. The van der Waals surface area contributed by atoms with Crippen LogP contribution in [-0.4, -0.2) is 25.0 Å². The summed E-state index contributed by atoms with van der Waals surface area (Å²) >= 11 is 1.44. The van der Waals surface area contributed by atoms with Gasteiger partial charge in [-0.2, -0.15) is 0 Å². The SMILES string of the molecule is COc1ccccc1-c1nc(C(=O)N(C)c2cccc(C)c2C)cs1. The molecule has 0 aliphatic carbocycles. The molecule has 1 aromatic heterocycles. The molecule has 5 heteroatoms. The van der Waals surface area contributed by atoms with E-state index >= 15 is 0 Å². The number of hydrogen-bond donors (Lipinski definition) is 0. The van der Waals surface area contributed by atoms with Gasteiger partial charge in [0, 0.05) is 18.1 Å². The lowest BCUT2D eigenvalue weighted by Gasteiger charge is -2.19. The lowest BCUT2D eigenvalue weighted by Crippen LogP contribution is -2.27. The molecule has 3 rings (SSSR count). The molecule has 0 aliphatic heterocycles. The molecular formula is C20H20N2O2S. The van der Waals surface area contributed by atoms with Crippen LogP contribution in [0.5, 0.6) is 5.75 Å². The predicted molar refractivity (Wildman–Crippen MR) is 103 cm³/mol. The summed E-state index contributed by atoms with van der Waals surface area (Å²) in [6, 6.07) is 13.6. The molecule has 0 saturated carbocycles. The van der Waals surface area contributed by atoms with Crippen molar-refractivity contribution in [2.75, 3.05) is 19.1 Å². The third-order valence-electron chi connectivity index (χ3n) is 4.30. The van der Waals surface area contributed by atoms with Gasteiger partial charge in [0.25, 0.3) is 5.91 Å². The topological polar surface area (TPSA) is 42.4 Å². The standard InChI is InChI=1S/C20H20N2O2S/c1-13-8-7-10-17(14(13)2)22(3)20(23)16-12-25-19(21-16)15-9-5-6-11-18(15)24-4/h5-12H,1-4H3. The molecule has 4 nitrogen and oxygen atoms in total. The van der Waals surface area contributed by atoms with E-state index in [0.717, 1.165) is 33.1 Å². The minimum absolute atomic E-state index is 0.119. The van der Waals surface area contributed by atoms with E-state index in [0.29, 0.717) is 5.69 Å². The van der Waals surface area contributed by atoms with Gasteiger partial charge >= 0.3 is 0 Å². The Kier molecular flexibility index (Phi) is 4.86. The summed E-state index contributed by atoms with van der Waals surface area (Å²) in [7, 11) is 3.42. The number of aryl methyl sites for hydroxylation is 1. The van der Waals surface area contributed by atoms with Crippen molar-refractivity contribution in [2.45, 2.75) is 13.8 Å². The van der Waals surface area contributed by atoms with Gasteiger partial charge in [-0.3, -0.25) is 4.79 Å². The van der Waals surface area contributed by atoms with Crippen molar-refractivity contribution >= 4 is 22.9 Å². The highest BCUT2D eigenvalue weighted by Crippen LogP contribution is 2.32. The number of para-hydroxylation sites is 1. The second kappa shape index (κ2) is 7.07. The summed E-state index contributed by atoms with van der Waals surface area (Å²) in [5.74, 6) is 0.629.